The van der Waals surface area contributed by atoms with Crippen molar-refractivity contribution in [3.63, 3.8) is 0 Å². The number of terminal acetylenes is 1. The highest BCUT2D eigenvalue weighted by Gasteiger charge is 1.99. The normalized spacial score (nSPS) is 9.07. The molecule has 0 aliphatic heterocycles. The minimum absolute atomic E-state index is 0.00630. The summed E-state index contributed by atoms with van der Waals surface area (Å²) >= 11 is 0. The monoisotopic (exact) mass is 187 g/mol. The van der Waals surface area contributed by atoms with Crippen LogP contribution in [0.5, 0.6) is 0 Å². The van der Waals surface area contributed by atoms with Gasteiger partial charge in [-0.15, -0.1) is 6.42 Å². The van der Waals surface area contributed by atoms with Gasteiger partial charge in [-0.05, 0) is 12.0 Å². The molecule has 1 aromatic carbocycles. The number of nitrogens with one attached hydrogen (secondary N) is 1. The summed E-state index contributed by atoms with van der Waals surface area (Å²) in [7, 11) is 0. The minimum atomic E-state index is 0.00630. The number of carbonyl (C=O) groups excluding carboxylic acids is 1. The molecule has 0 spiro atoms. The number of hydrogen-bond acceptors (Lipinski definition) is 1. The fraction of sp³-hybridized carbons (Fsp3) is 0.250. The lowest BCUT2D eigenvalue weighted by atomic mass is 10.1. The molecule has 0 bridgehead atoms. The number of rotatable bonds is 4. The van der Waals surface area contributed by atoms with E-state index in [-0.39, 0.29) is 5.91 Å². The molecule has 0 fully saturated rings. The van der Waals surface area contributed by atoms with Crippen LogP contribution in [0.2, 0.25) is 0 Å². The van der Waals surface area contributed by atoms with E-state index >= 15 is 0 Å². The summed E-state index contributed by atoms with van der Waals surface area (Å²) in [6.45, 7) is 0.313. The topological polar surface area (TPSA) is 29.1 Å². The molecule has 14 heavy (non-hydrogen) atoms. The number of aryl methyl sites for hydroxylation is 1. The van der Waals surface area contributed by atoms with Crippen molar-refractivity contribution in [1.82, 2.24) is 5.32 Å². The van der Waals surface area contributed by atoms with Gasteiger partial charge in [-0.25, -0.2) is 0 Å². The van der Waals surface area contributed by atoms with Crippen molar-refractivity contribution in [1.29, 1.82) is 0 Å². The molecule has 0 saturated heterocycles. The zero-order valence-corrected chi connectivity index (χ0v) is 7.99. The highest BCUT2D eigenvalue weighted by atomic mass is 16.1. The molecule has 0 aromatic heterocycles. The first-order chi connectivity index (χ1) is 6.83. The van der Waals surface area contributed by atoms with Crippen LogP contribution in [-0.2, 0) is 11.2 Å². The molecule has 0 saturated carbocycles. The van der Waals surface area contributed by atoms with Crippen LogP contribution in [0, 0.1) is 12.3 Å². The van der Waals surface area contributed by atoms with E-state index in [4.69, 9.17) is 6.42 Å². The molecule has 1 amide bonds. The molecular formula is C12H13NO. The van der Waals surface area contributed by atoms with Crippen LogP contribution in [0.25, 0.3) is 0 Å². The first-order valence-electron chi connectivity index (χ1n) is 4.57. The van der Waals surface area contributed by atoms with Gasteiger partial charge in [0.25, 0.3) is 0 Å². The fourth-order valence-corrected chi connectivity index (χ4v) is 1.14. The molecule has 0 aliphatic carbocycles. The van der Waals surface area contributed by atoms with Gasteiger partial charge in [0.2, 0.25) is 5.91 Å². The van der Waals surface area contributed by atoms with Gasteiger partial charge < -0.3 is 5.32 Å². The molecule has 1 rings (SSSR count). The minimum Gasteiger partial charge on any atom is -0.345 e. The second kappa shape index (κ2) is 5.82. The van der Waals surface area contributed by atoms with Crippen LogP contribution in [0.3, 0.4) is 0 Å². The third kappa shape index (κ3) is 3.77. The predicted octanol–water partition coefficient (Wildman–Crippen LogP) is 1.37. The Labute approximate surface area is 84.3 Å². The Hall–Kier alpha value is -1.75. The molecule has 1 aromatic rings. The fourth-order valence-electron chi connectivity index (χ4n) is 1.14. The molecule has 0 unspecified atom stereocenters. The number of hydrogen-bond donors (Lipinski definition) is 1. The van der Waals surface area contributed by atoms with Crippen molar-refractivity contribution in [2.75, 3.05) is 6.54 Å². The lowest BCUT2D eigenvalue weighted by Gasteiger charge is -2.01. The lowest BCUT2D eigenvalue weighted by molar-refractivity contribution is -0.120. The smallest absolute Gasteiger partial charge is 0.221 e. The van der Waals surface area contributed by atoms with E-state index in [1.807, 2.05) is 30.3 Å². The maximum Gasteiger partial charge on any atom is 0.221 e. The third-order valence-corrected chi connectivity index (χ3v) is 1.87. The van der Waals surface area contributed by atoms with E-state index in [2.05, 4.69) is 11.2 Å². The zero-order valence-electron chi connectivity index (χ0n) is 7.99. The van der Waals surface area contributed by atoms with Gasteiger partial charge in [0, 0.05) is 6.42 Å². The second-order valence-electron chi connectivity index (χ2n) is 2.97. The standard InChI is InChI=1S/C12H13NO/c1-2-10-13-12(14)9-8-11-6-4-3-5-7-11/h1,3-7H,8-10H2,(H,13,14). The summed E-state index contributed by atoms with van der Waals surface area (Å²) in [5.74, 6) is 2.37. The molecule has 2 heteroatoms. The van der Waals surface area contributed by atoms with Crippen molar-refractivity contribution in [3.05, 3.63) is 35.9 Å². The van der Waals surface area contributed by atoms with E-state index in [1.165, 1.54) is 5.56 Å². The Balaban J connectivity index is 2.28. The maximum atomic E-state index is 11.2. The Morgan fingerprint density at radius 3 is 2.71 bits per heavy atom. The van der Waals surface area contributed by atoms with Gasteiger partial charge in [-0.3, -0.25) is 4.79 Å². The molecule has 2 nitrogen and oxygen atoms in total. The summed E-state index contributed by atoms with van der Waals surface area (Å²) in [4.78, 5) is 11.2. The van der Waals surface area contributed by atoms with E-state index in [0.29, 0.717) is 13.0 Å². The first-order valence-corrected chi connectivity index (χ1v) is 4.57. The average molecular weight is 187 g/mol. The van der Waals surface area contributed by atoms with Crippen molar-refractivity contribution in [2.24, 2.45) is 0 Å². The van der Waals surface area contributed by atoms with Crippen LogP contribution >= 0.6 is 0 Å². The van der Waals surface area contributed by atoms with Crippen molar-refractivity contribution >= 4 is 5.91 Å². The van der Waals surface area contributed by atoms with Crippen LogP contribution < -0.4 is 5.32 Å². The Morgan fingerprint density at radius 1 is 1.36 bits per heavy atom. The molecule has 72 valence electrons. The first kappa shape index (κ1) is 10.3. The molecule has 0 radical (unpaired) electrons. The van der Waals surface area contributed by atoms with E-state index < -0.39 is 0 Å². The van der Waals surface area contributed by atoms with E-state index in [1.54, 1.807) is 0 Å². The Bertz CT molecular complexity index is 324. The number of benzene rings is 1. The molecule has 0 aliphatic rings. The van der Waals surface area contributed by atoms with Gasteiger partial charge in [-0.2, -0.15) is 0 Å². The third-order valence-electron chi connectivity index (χ3n) is 1.87. The summed E-state index contributed by atoms with van der Waals surface area (Å²) in [6.07, 6.45) is 6.27. The van der Waals surface area contributed by atoms with Gasteiger partial charge in [-0.1, -0.05) is 36.3 Å². The van der Waals surface area contributed by atoms with Crippen LogP contribution in [0.4, 0.5) is 0 Å². The second-order valence-corrected chi connectivity index (χ2v) is 2.97. The summed E-state index contributed by atoms with van der Waals surface area (Å²) in [5.41, 5.74) is 1.17. The number of amides is 1. The lowest BCUT2D eigenvalue weighted by Crippen LogP contribution is -2.23. The predicted molar refractivity (Wildman–Crippen MR) is 56.6 cm³/mol. The van der Waals surface area contributed by atoms with Crippen LogP contribution in [-0.4, -0.2) is 12.5 Å². The number of carbonyl (C=O) groups is 1. The van der Waals surface area contributed by atoms with Gasteiger partial charge in [0.1, 0.15) is 0 Å². The van der Waals surface area contributed by atoms with Crippen molar-refractivity contribution < 1.29 is 4.79 Å². The van der Waals surface area contributed by atoms with E-state index in [9.17, 15) is 4.79 Å². The largest absolute Gasteiger partial charge is 0.345 e. The summed E-state index contributed by atoms with van der Waals surface area (Å²) < 4.78 is 0. The van der Waals surface area contributed by atoms with Gasteiger partial charge >= 0.3 is 0 Å². The average Bonchev–Trinajstić information content (AvgIpc) is 2.25. The summed E-state index contributed by atoms with van der Waals surface area (Å²) in [6, 6.07) is 9.91. The quantitative estimate of drug-likeness (QED) is 0.709. The van der Waals surface area contributed by atoms with E-state index in [0.717, 1.165) is 6.42 Å². The molecular weight excluding hydrogens is 174 g/mol. The molecule has 0 heterocycles. The SMILES string of the molecule is C#CCNC(=O)CCc1ccccc1. The highest BCUT2D eigenvalue weighted by Crippen LogP contribution is 2.01. The Morgan fingerprint density at radius 2 is 2.07 bits per heavy atom. The van der Waals surface area contributed by atoms with Crippen molar-refractivity contribution in [2.45, 2.75) is 12.8 Å². The van der Waals surface area contributed by atoms with Crippen molar-refractivity contribution in [3.8, 4) is 12.3 Å². The van der Waals surface area contributed by atoms with Crippen LogP contribution in [0.1, 0.15) is 12.0 Å². The molecule has 1 N–H and O–H groups in total. The van der Waals surface area contributed by atoms with Crippen LogP contribution in [0.15, 0.2) is 30.3 Å². The Kier molecular flexibility index (Phi) is 4.30. The summed E-state index contributed by atoms with van der Waals surface area (Å²) in [5, 5.41) is 2.63. The highest BCUT2D eigenvalue weighted by molar-refractivity contribution is 5.76. The van der Waals surface area contributed by atoms with Gasteiger partial charge in [0.15, 0.2) is 0 Å². The van der Waals surface area contributed by atoms with Gasteiger partial charge in [0.05, 0.1) is 6.54 Å². The maximum absolute atomic E-state index is 11.2. The molecule has 0 atom stereocenters. The zero-order chi connectivity index (χ0) is 10.2.